The van der Waals surface area contributed by atoms with E-state index in [1.54, 1.807) is 12.4 Å². The van der Waals surface area contributed by atoms with Crippen LogP contribution >= 0.6 is 15.9 Å². The Labute approximate surface area is 128 Å². The SMILES string of the molecule is C=C(/C=C(/Cc1ccc(Br)cc1)NC)c1ccncc1. The molecule has 0 aliphatic rings. The van der Waals surface area contributed by atoms with Crippen molar-refractivity contribution < 1.29 is 0 Å². The Bertz CT molecular complexity index is 601. The van der Waals surface area contributed by atoms with Crippen molar-refractivity contribution in [2.75, 3.05) is 7.05 Å². The van der Waals surface area contributed by atoms with E-state index in [0.717, 1.165) is 27.7 Å². The Kier molecular flexibility index (Phi) is 5.13. The molecule has 3 heteroatoms. The van der Waals surface area contributed by atoms with Crippen LogP contribution in [0.25, 0.3) is 5.57 Å². The third kappa shape index (κ3) is 4.07. The summed E-state index contributed by atoms with van der Waals surface area (Å²) >= 11 is 3.45. The van der Waals surface area contributed by atoms with E-state index in [0.29, 0.717) is 0 Å². The Morgan fingerprint density at radius 1 is 1.20 bits per heavy atom. The molecular weight excluding hydrogens is 312 g/mol. The Morgan fingerprint density at radius 2 is 1.85 bits per heavy atom. The fourth-order valence-corrected chi connectivity index (χ4v) is 2.16. The molecule has 2 rings (SSSR count). The number of nitrogens with zero attached hydrogens (tertiary/aromatic N) is 1. The lowest BCUT2D eigenvalue weighted by atomic mass is 10.0. The van der Waals surface area contributed by atoms with Gasteiger partial charge in [-0.3, -0.25) is 4.98 Å². The Morgan fingerprint density at radius 3 is 2.45 bits per heavy atom. The topological polar surface area (TPSA) is 24.9 Å². The highest BCUT2D eigenvalue weighted by Crippen LogP contribution is 2.17. The maximum atomic E-state index is 4.12. The van der Waals surface area contributed by atoms with Crippen LogP contribution in [0.3, 0.4) is 0 Å². The van der Waals surface area contributed by atoms with Crippen LogP contribution in [0.4, 0.5) is 0 Å². The zero-order valence-corrected chi connectivity index (χ0v) is 13.0. The van der Waals surface area contributed by atoms with E-state index < -0.39 is 0 Å². The maximum Gasteiger partial charge on any atom is 0.0273 e. The van der Waals surface area contributed by atoms with E-state index in [9.17, 15) is 0 Å². The molecule has 0 bridgehead atoms. The Balaban J connectivity index is 2.13. The van der Waals surface area contributed by atoms with Gasteiger partial charge in [0.2, 0.25) is 0 Å². The average molecular weight is 329 g/mol. The standard InChI is InChI=1S/C17H17BrN2/c1-13(15-7-9-20-10-8-15)11-17(19-2)12-14-3-5-16(18)6-4-14/h3-11,19H,1,12H2,2H3/b17-11-. The molecule has 20 heavy (non-hydrogen) atoms. The lowest BCUT2D eigenvalue weighted by Gasteiger charge is -2.09. The van der Waals surface area contributed by atoms with Gasteiger partial charge in [0.05, 0.1) is 0 Å². The number of benzene rings is 1. The molecule has 1 aromatic carbocycles. The molecule has 0 radical (unpaired) electrons. The molecule has 1 heterocycles. The van der Waals surface area contributed by atoms with Crippen molar-refractivity contribution in [2.45, 2.75) is 6.42 Å². The maximum absolute atomic E-state index is 4.12. The number of hydrogen-bond donors (Lipinski definition) is 1. The third-order valence-electron chi connectivity index (χ3n) is 3.03. The summed E-state index contributed by atoms with van der Waals surface area (Å²) in [4.78, 5) is 4.02. The van der Waals surface area contributed by atoms with Crippen LogP contribution in [-0.2, 0) is 6.42 Å². The predicted molar refractivity (Wildman–Crippen MR) is 88.3 cm³/mol. The normalized spacial score (nSPS) is 11.2. The van der Waals surface area contributed by atoms with E-state index in [1.165, 1.54) is 5.56 Å². The number of likely N-dealkylation sites (N-methyl/N-ethyl adjacent to an activating group) is 1. The molecule has 102 valence electrons. The van der Waals surface area contributed by atoms with Crippen molar-refractivity contribution in [3.8, 4) is 0 Å². The number of aromatic nitrogens is 1. The van der Waals surface area contributed by atoms with Crippen LogP contribution in [0.15, 0.2) is 71.6 Å². The van der Waals surface area contributed by atoms with Crippen molar-refractivity contribution >= 4 is 21.5 Å². The van der Waals surface area contributed by atoms with Crippen LogP contribution in [0, 0.1) is 0 Å². The monoisotopic (exact) mass is 328 g/mol. The summed E-state index contributed by atoms with van der Waals surface area (Å²) in [6.45, 7) is 4.12. The first-order valence-electron chi connectivity index (χ1n) is 6.41. The highest BCUT2D eigenvalue weighted by Gasteiger charge is 2.01. The van der Waals surface area contributed by atoms with Crippen molar-refractivity contribution in [1.29, 1.82) is 0 Å². The van der Waals surface area contributed by atoms with Gasteiger partial charge in [0, 0.05) is 36.0 Å². The minimum atomic E-state index is 0.855. The molecular formula is C17H17BrN2. The van der Waals surface area contributed by atoms with Crippen LogP contribution in [-0.4, -0.2) is 12.0 Å². The fourth-order valence-electron chi connectivity index (χ4n) is 1.89. The van der Waals surface area contributed by atoms with Crippen molar-refractivity contribution in [3.63, 3.8) is 0 Å². The molecule has 0 unspecified atom stereocenters. The van der Waals surface area contributed by atoms with Crippen molar-refractivity contribution in [3.05, 3.63) is 82.7 Å². The molecule has 1 N–H and O–H groups in total. The quantitative estimate of drug-likeness (QED) is 0.832. The van der Waals surface area contributed by atoms with Gasteiger partial charge in [0.1, 0.15) is 0 Å². The molecule has 2 nitrogen and oxygen atoms in total. The van der Waals surface area contributed by atoms with Gasteiger partial charge in [0.25, 0.3) is 0 Å². The van der Waals surface area contributed by atoms with E-state index >= 15 is 0 Å². The molecule has 1 aromatic heterocycles. The minimum absolute atomic E-state index is 0.855. The van der Waals surface area contributed by atoms with E-state index in [1.807, 2.05) is 19.2 Å². The first-order valence-corrected chi connectivity index (χ1v) is 7.20. The predicted octanol–water partition coefficient (Wildman–Crippen LogP) is 4.20. The summed E-state index contributed by atoms with van der Waals surface area (Å²) in [6.07, 6.45) is 6.50. The van der Waals surface area contributed by atoms with Gasteiger partial charge < -0.3 is 5.32 Å². The van der Waals surface area contributed by atoms with E-state index in [4.69, 9.17) is 0 Å². The molecule has 2 aromatic rings. The summed E-state index contributed by atoms with van der Waals surface area (Å²) in [5.74, 6) is 0. The second-order valence-corrected chi connectivity index (χ2v) is 5.40. The van der Waals surface area contributed by atoms with E-state index in [-0.39, 0.29) is 0 Å². The lowest BCUT2D eigenvalue weighted by Crippen LogP contribution is -2.08. The number of hydrogen-bond acceptors (Lipinski definition) is 2. The third-order valence-corrected chi connectivity index (χ3v) is 3.56. The highest BCUT2D eigenvalue weighted by atomic mass is 79.9. The average Bonchev–Trinajstić information content (AvgIpc) is 2.49. The van der Waals surface area contributed by atoms with Crippen molar-refractivity contribution in [1.82, 2.24) is 10.3 Å². The van der Waals surface area contributed by atoms with Crippen molar-refractivity contribution in [2.24, 2.45) is 0 Å². The number of allylic oxidation sites excluding steroid dienone is 3. The lowest BCUT2D eigenvalue weighted by molar-refractivity contribution is 0.922. The highest BCUT2D eigenvalue weighted by molar-refractivity contribution is 9.10. The molecule has 0 aliphatic heterocycles. The first-order chi connectivity index (χ1) is 9.69. The van der Waals surface area contributed by atoms with Gasteiger partial charge in [-0.1, -0.05) is 34.6 Å². The Hall–Kier alpha value is -1.87. The summed E-state index contributed by atoms with van der Waals surface area (Å²) in [6, 6.07) is 12.3. The van der Waals surface area contributed by atoms with Gasteiger partial charge in [-0.15, -0.1) is 0 Å². The first kappa shape index (κ1) is 14.5. The molecule has 0 atom stereocenters. The van der Waals surface area contributed by atoms with Crippen LogP contribution in [0.2, 0.25) is 0 Å². The second-order valence-electron chi connectivity index (χ2n) is 4.48. The van der Waals surface area contributed by atoms with Gasteiger partial charge >= 0.3 is 0 Å². The van der Waals surface area contributed by atoms with Crippen LogP contribution in [0.5, 0.6) is 0 Å². The van der Waals surface area contributed by atoms with Crippen LogP contribution in [0.1, 0.15) is 11.1 Å². The number of nitrogens with one attached hydrogen (secondary N) is 1. The number of halogens is 1. The molecule has 0 aliphatic carbocycles. The number of rotatable bonds is 5. The fraction of sp³-hybridized carbons (Fsp3) is 0.118. The summed E-state index contributed by atoms with van der Waals surface area (Å²) in [7, 11) is 1.94. The van der Waals surface area contributed by atoms with Gasteiger partial charge in [-0.2, -0.15) is 0 Å². The minimum Gasteiger partial charge on any atom is -0.391 e. The summed E-state index contributed by atoms with van der Waals surface area (Å²) in [5.41, 5.74) is 4.46. The second kappa shape index (κ2) is 7.06. The summed E-state index contributed by atoms with van der Waals surface area (Å²) in [5, 5.41) is 3.24. The smallest absolute Gasteiger partial charge is 0.0273 e. The largest absolute Gasteiger partial charge is 0.391 e. The molecule has 0 saturated carbocycles. The van der Waals surface area contributed by atoms with Gasteiger partial charge in [-0.05, 0) is 47.0 Å². The van der Waals surface area contributed by atoms with Gasteiger partial charge in [-0.25, -0.2) is 0 Å². The number of pyridine rings is 1. The van der Waals surface area contributed by atoms with E-state index in [2.05, 4.69) is 63.2 Å². The summed E-state index contributed by atoms with van der Waals surface area (Å²) < 4.78 is 1.09. The molecule has 0 amide bonds. The molecule has 0 spiro atoms. The van der Waals surface area contributed by atoms with Gasteiger partial charge in [0.15, 0.2) is 0 Å². The van der Waals surface area contributed by atoms with Crippen LogP contribution < -0.4 is 5.32 Å². The molecule has 0 fully saturated rings. The zero-order chi connectivity index (χ0) is 14.4. The zero-order valence-electron chi connectivity index (χ0n) is 11.4. The molecule has 0 saturated heterocycles.